The second kappa shape index (κ2) is 4.32. The van der Waals surface area contributed by atoms with Gasteiger partial charge >= 0.3 is 0 Å². The van der Waals surface area contributed by atoms with Gasteiger partial charge in [0.15, 0.2) is 0 Å². The summed E-state index contributed by atoms with van der Waals surface area (Å²) in [6, 6.07) is 2.13. The summed E-state index contributed by atoms with van der Waals surface area (Å²) < 4.78 is 0. The maximum Gasteiger partial charge on any atom is 0.263 e. The third-order valence-corrected chi connectivity index (χ3v) is 2.71. The van der Waals surface area contributed by atoms with Gasteiger partial charge in [0.05, 0.1) is 10.7 Å². The first kappa shape index (κ1) is 10.8. The largest absolute Gasteiger partial charge is 0.397 e. The van der Waals surface area contributed by atoms with Gasteiger partial charge < -0.3 is 16.4 Å². The van der Waals surface area contributed by atoms with Crippen LogP contribution in [0.2, 0.25) is 0 Å². The zero-order valence-corrected chi connectivity index (χ0v) is 9.37. The van der Waals surface area contributed by atoms with Gasteiger partial charge in [-0.15, -0.1) is 11.3 Å². The fourth-order valence-corrected chi connectivity index (χ4v) is 2.12. The number of thiophene rings is 1. The first-order chi connectivity index (χ1) is 6.54. The van der Waals surface area contributed by atoms with Crippen LogP contribution in [0.5, 0.6) is 0 Å². The fraction of sp³-hybridized carbons (Fsp3) is 0.444. The van der Waals surface area contributed by atoms with Crippen molar-refractivity contribution >= 4 is 27.9 Å². The SMILES string of the molecule is CNC(=O)c1sc(NC(C)C)cc1N. The molecule has 0 aliphatic carbocycles. The van der Waals surface area contributed by atoms with Crippen molar-refractivity contribution in [3.05, 3.63) is 10.9 Å². The number of nitrogen functional groups attached to an aromatic ring is 1. The number of carbonyl (C=O) groups is 1. The minimum absolute atomic E-state index is 0.135. The topological polar surface area (TPSA) is 67.2 Å². The van der Waals surface area contributed by atoms with E-state index in [9.17, 15) is 4.79 Å². The van der Waals surface area contributed by atoms with Crippen LogP contribution in [0.25, 0.3) is 0 Å². The number of amides is 1. The highest BCUT2D eigenvalue weighted by Crippen LogP contribution is 2.29. The predicted molar refractivity (Wildman–Crippen MR) is 60.9 cm³/mol. The Labute approximate surface area is 87.5 Å². The van der Waals surface area contributed by atoms with Crippen LogP contribution in [0.4, 0.5) is 10.7 Å². The molecule has 78 valence electrons. The molecule has 0 aliphatic heterocycles. The standard InChI is InChI=1S/C9H15N3OS/c1-5(2)12-7-4-6(10)8(14-7)9(13)11-3/h4-5,12H,10H2,1-3H3,(H,11,13). The molecule has 1 aromatic heterocycles. The molecule has 0 aromatic carbocycles. The highest BCUT2D eigenvalue weighted by molar-refractivity contribution is 7.18. The highest BCUT2D eigenvalue weighted by Gasteiger charge is 2.12. The van der Waals surface area contributed by atoms with Crippen molar-refractivity contribution in [2.75, 3.05) is 18.1 Å². The summed E-state index contributed by atoms with van der Waals surface area (Å²) in [5, 5.41) is 6.68. The molecule has 5 heteroatoms. The maximum absolute atomic E-state index is 11.3. The van der Waals surface area contributed by atoms with E-state index in [1.807, 2.05) is 13.8 Å². The van der Waals surface area contributed by atoms with Gasteiger partial charge in [0, 0.05) is 13.1 Å². The molecule has 0 fully saturated rings. The summed E-state index contributed by atoms with van der Waals surface area (Å²) in [6.45, 7) is 4.07. The first-order valence-corrected chi connectivity index (χ1v) is 5.24. The molecule has 0 atom stereocenters. The molecule has 0 aliphatic rings. The lowest BCUT2D eigenvalue weighted by atomic mass is 10.3. The summed E-state index contributed by atoms with van der Waals surface area (Å²) >= 11 is 1.37. The average Bonchev–Trinajstić information content (AvgIpc) is 2.44. The van der Waals surface area contributed by atoms with Gasteiger partial charge in [0.2, 0.25) is 0 Å². The lowest BCUT2D eigenvalue weighted by Gasteiger charge is -2.05. The van der Waals surface area contributed by atoms with Crippen molar-refractivity contribution in [3.63, 3.8) is 0 Å². The molecule has 1 aromatic rings. The van der Waals surface area contributed by atoms with E-state index in [2.05, 4.69) is 10.6 Å². The Bertz CT molecular complexity index is 333. The minimum atomic E-state index is -0.135. The van der Waals surface area contributed by atoms with Crippen molar-refractivity contribution in [2.45, 2.75) is 19.9 Å². The summed E-state index contributed by atoms with van der Waals surface area (Å²) in [5.41, 5.74) is 6.23. The van der Waals surface area contributed by atoms with Crippen LogP contribution >= 0.6 is 11.3 Å². The number of anilines is 2. The maximum atomic E-state index is 11.3. The molecule has 14 heavy (non-hydrogen) atoms. The second-order valence-electron chi connectivity index (χ2n) is 3.27. The Hall–Kier alpha value is -1.23. The van der Waals surface area contributed by atoms with Crippen molar-refractivity contribution in [2.24, 2.45) is 0 Å². The van der Waals surface area contributed by atoms with Gasteiger partial charge in [0.1, 0.15) is 4.88 Å². The monoisotopic (exact) mass is 213 g/mol. The lowest BCUT2D eigenvalue weighted by Crippen LogP contribution is -2.17. The van der Waals surface area contributed by atoms with Crippen LogP contribution < -0.4 is 16.4 Å². The van der Waals surface area contributed by atoms with Crippen LogP contribution in [-0.2, 0) is 0 Å². The number of nitrogens with one attached hydrogen (secondary N) is 2. The Balaban J connectivity index is 2.87. The van der Waals surface area contributed by atoms with E-state index in [4.69, 9.17) is 5.73 Å². The van der Waals surface area contributed by atoms with Crippen molar-refractivity contribution in [1.82, 2.24) is 5.32 Å². The zero-order chi connectivity index (χ0) is 10.7. The molecule has 1 rings (SSSR count). The van der Waals surface area contributed by atoms with E-state index >= 15 is 0 Å². The van der Waals surface area contributed by atoms with E-state index in [0.29, 0.717) is 16.6 Å². The normalized spacial score (nSPS) is 10.3. The van der Waals surface area contributed by atoms with Crippen molar-refractivity contribution < 1.29 is 4.79 Å². The number of carbonyl (C=O) groups excluding carboxylic acids is 1. The minimum Gasteiger partial charge on any atom is -0.397 e. The fourth-order valence-electron chi connectivity index (χ4n) is 1.05. The van der Waals surface area contributed by atoms with E-state index < -0.39 is 0 Å². The molecule has 0 spiro atoms. The van der Waals surface area contributed by atoms with Gasteiger partial charge in [-0.1, -0.05) is 0 Å². The Morgan fingerprint density at radius 3 is 2.71 bits per heavy atom. The third-order valence-electron chi connectivity index (χ3n) is 1.63. The van der Waals surface area contributed by atoms with Crippen LogP contribution in [0, 0.1) is 0 Å². The van der Waals surface area contributed by atoms with Gasteiger partial charge in [-0.3, -0.25) is 4.79 Å². The summed E-state index contributed by atoms with van der Waals surface area (Å²) in [5.74, 6) is -0.135. The Morgan fingerprint density at radius 1 is 1.57 bits per heavy atom. The summed E-state index contributed by atoms with van der Waals surface area (Å²) in [6.07, 6.45) is 0. The molecule has 1 amide bonds. The second-order valence-corrected chi connectivity index (χ2v) is 4.33. The average molecular weight is 213 g/mol. The molecule has 4 N–H and O–H groups in total. The molecule has 0 saturated heterocycles. The summed E-state index contributed by atoms with van der Waals surface area (Å²) in [7, 11) is 1.59. The molecular formula is C9H15N3OS. The molecule has 0 saturated carbocycles. The van der Waals surface area contributed by atoms with Crippen molar-refractivity contribution in [3.8, 4) is 0 Å². The molecule has 0 unspecified atom stereocenters. The van der Waals surface area contributed by atoms with E-state index in [-0.39, 0.29) is 5.91 Å². The van der Waals surface area contributed by atoms with E-state index in [1.54, 1.807) is 13.1 Å². The smallest absolute Gasteiger partial charge is 0.263 e. The van der Waals surface area contributed by atoms with E-state index in [1.165, 1.54) is 11.3 Å². The third kappa shape index (κ3) is 2.38. The zero-order valence-electron chi connectivity index (χ0n) is 8.55. The molecule has 0 radical (unpaired) electrons. The predicted octanol–water partition coefficient (Wildman–Crippen LogP) is 1.51. The highest BCUT2D eigenvalue weighted by atomic mass is 32.1. The van der Waals surface area contributed by atoms with E-state index in [0.717, 1.165) is 5.00 Å². The van der Waals surface area contributed by atoms with Gasteiger partial charge in [-0.25, -0.2) is 0 Å². The van der Waals surface area contributed by atoms with Gasteiger partial charge in [-0.05, 0) is 19.9 Å². The lowest BCUT2D eigenvalue weighted by molar-refractivity contribution is 0.0968. The number of hydrogen-bond acceptors (Lipinski definition) is 4. The first-order valence-electron chi connectivity index (χ1n) is 4.42. The number of hydrogen-bond donors (Lipinski definition) is 3. The van der Waals surface area contributed by atoms with Gasteiger partial charge in [-0.2, -0.15) is 0 Å². The molecule has 1 heterocycles. The quantitative estimate of drug-likeness (QED) is 0.713. The van der Waals surface area contributed by atoms with Crippen LogP contribution in [0.3, 0.4) is 0 Å². The summed E-state index contributed by atoms with van der Waals surface area (Å²) in [4.78, 5) is 11.9. The Morgan fingerprint density at radius 2 is 2.21 bits per heavy atom. The number of nitrogens with two attached hydrogens (primary N) is 1. The van der Waals surface area contributed by atoms with Crippen LogP contribution in [0.1, 0.15) is 23.5 Å². The molecular weight excluding hydrogens is 198 g/mol. The number of rotatable bonds is 3. The van der Waals surface area contributed by atoms with Crippen LogP contribution in [0.15, 0.2) is 6.07 Å². The molecule has 4 nitrogen and oxygen atoms in total. The molecule has 0 bridgehead atoms. The Kier molecular flexibility index (Phi) is 3.35. The van der Waals surface area contributed by atoms with Crippen molar-refractivity contribution in [1.29, 1.82) is 0 Å². The van der Waals surface area contributed by atoms with Gasteiger partial charge in [0.25, 0.3) is 5.91 Å². The van der Waals surface area contributed by atoms with Crippen LogP contribution in [-0.4, -0.2) is 19.0 Å².